The first-order valence-electron chi connectivity index (χ1n) is 9.00. The standard InChI is InChI=1S/C18H23N3O6/c22-16(11-21-7-2-1-4-13(21)17(23)24)20-18(25)19-12-5-6-14-15(10-12)27-9-3-8-26-14/h5-6,10,13H,1-4,7-9,11H2,(H,23,24)(H2,19,20,22,25). The third-order valence-electron chi connectivity index (χ3n) is 4.50. The molecule has 0 aromatic heterocycles. The number of likely N-dealkylation sites (tertiary alicyclic amines) is 1. The van der Waals surface area contributed by atoms with Crippen LogP contribution in [-0.2, 0) is 9.59 Å². The van der Waals surface area contributed by atoms with Gasteiger partial charge in [0.1, 0.15) is 6.04 Å². The summed E-state index contributed by atoms with van der Waals surface area (Å²) in [5.74, 6) is -0.345. The minimum absolute atomic E-state index is 0.133. The van der Waals surface area contributed by atoms with Gasteiger partial charge in [-0.25, -0.2) is 4.79 Å². The number of anilines is 1. The van der Waals surface area contributed by atoms with E-state index in [9.17, 15) is 19.5 Å². The maximum atomic E-state index is 12.1. The Labute approximate surface area is 156 Å². The minimum atomic E-state index is -0.945. The molecule has 2 heterocycles. The van der Waals surface area contributed by atoms with E-state index < -0.39 is 23.9 Å². The van der Waals surface area contributed by atoms with E-state index in [-0.39, 0.29) is 6.54 Å². The molecule has 0 spiro atoms. The number of amides is 3. The molecule has 1 fully saturated rings. The largest absolute Gasteiger partial charge is 0.490 e. The number of urea groups is 1. The Balaban J connectivity index is 1.53. The molecule has 2 aliphatic heterocycles. The predicted molar refractivity (Wildman–Crippen MR) is 96.1 cm³/mol. The van der Waals surface area contributed by atoms with Crippen molar-refractivity contribution in [3.63, 3.8) is 0 Å². The van der Waals surface area contributed by atoms with Gasteiger partial charge < -0.3 is 19.9 Å². The molecule has 1 aromatic carbocycles. The highest BCUT2D eigenvalue weighted by molar-refractivity contribution is 6.02. The van der Waals surface area contributed by atoms with Crippen molar-refractivity contribution in [2.75, 3.05) is 31.6 Å². The smallest absolute Gasteiger partial charge is 0.325 e. The summed E-state index contributed by atoms with van der Waals surface area (Å²) in [7, 11) is 0. The van der Waals surface area contributed by atoms with E-state index in [0.717, 1.165) is 19.3 Å². The van der Waals surface area contributed by atoms with E-state index in [1.807, 2.05) is 0 Å². The number of fused-ring (bicyclic) bond motifs is 1. The number of hydrogen-bond acceptors (Lipinski definition) is 6. The third-order valence-corrected chi connectivity index (χ3v) is 4.50. The first kappa shape index (κ1) is 19.0. The van der Waals surface area contributed by atoms with E-state index in [4.69, 9.17) is 9.47 Å². The summed E-state index contributed by atoms with van der Waals surface area (Å²) >= 11 is 0. The number of hydrogen-bond donors (Lipinski definition) is 3. The second kappa shape index (κ2) is 8.72. The molecule has 3 rings (SSSR count). The van der Waals surface area contributed by atoms with Crippen LogP contribution in [0.25, 0.3) is 0 Å². The molecule has 1 unspecified atom stereocenters. The van der Waals surface area contributed by atoms with E-state index in [1.54, 1.807) is 23.1 Å². The maximum absolute atomic E-state index is 12.1. The number of carboxylic acids is 1. The van der Waals surface area contributed by atoms with Crippen LogP contribution in [0.3, 0.4) is 0 Å². The van der Waals surface area contributed by atoms with Crippen molar-refractivity contribution in [2.24, 2.45) is 0 Å². The topological polar surface area (TPSA) is 117 Å². The number of imide groups is 1. The number of ether oxygens (including phenoxy) is 2. The monoisotopic (exact) mass is 377 g/mol. The average Bonchev–Trinajstić information content (AvgIpc) is 2.86. The van der Waals surface area contributed by atoms with Crippen LogP contribution in [0.1, 0.15) is 25.7 Å². The van der Waals surface area contributed by atoms with Crippen molar-refractivity contribution < 1.29 is 29.0 Å². The fourth-order valence-electron chi connectivity index (χ4n) is 3.21. The second-order valence-electron chi connectivity index (χ2n) is 6.53. The Hall–Kier alpha value is -2.81. The molecular formula is C18H23N3O6. The van der Waals surface area contributed by atoms with Crippen molar-refractivity contribution >= 4 is 23.6 Å². The molecule has 27 heavy (non-hydrogen) atoms. The molecule has 3 amide bonds. The lowest BCUT2D eigenvalue weighted by molar-refractivity contribution is -0.145. The Kier molecular flexibility index (Phi) is 6.12. The van der Waals surface area contributed by atoms with Gasteiger partial charge in [-0.05, 0) is 31.5 Å². The number of nitrogens with zero attached hydrogens (tertiary/aromatic N) is 1. The fraction of sp³-hybridized carbons (Fsp3) is 0.500. The van der Waals surface area contributed by atoms with Crippen molar-refractivity contribution in [3.05, 3.63) is 18.2 Å². The molecule has 0 aliphatic carbocycles. The minimum Gasteiger partial charge on any atom is -0.490 e. The first-order valence-corrected chi connectivity index (χ1v) is 9.00. The van der Waals surface area contributed by atoms with Gasteiger partial charge in [-0.1, -0.05) is 6.42 Å². The van der Waals surface area contributed by atoms with Gasteiger partial charge in [0.05, 0.1) is 19.8 Å². The normalized spacial score (nSPS) is 19.6. The van der Waals surface area contributed by atoms with Crippen molar-refractivity contribution in [1.82, 2.24) is 10.2 Å². The Morgan fingerprint density at radius 2 is 1.89 bits per heavy atom. The van der Waals surface area contributed by atoms with Gasteiger partial charge in [-0.15, -0.1) is 0 Å². The Morgan fingerprint density at radius 1 is 1.11 bits per heavy atom. The van der Waals surface area contributed by atoms with Crippen LogP contribution < -0.4 is 20.1 Å². The predicted octanol–water partition coefficient (Wildman–Crippen LogP) is 1.44. The van der Waals surface area contributed by atoms with Gasteiger partial charge in [-0.3, -0.25) is 19.8 Å². The summed E-state index contributed by atoms with van der Waals surface area (Å²) in [5.41, 5.74) is 0.464. The van der Waals surface area contributed by atoms with Crippen LogP contribution in [0.5, 0.6) is 11.5 Å². The number of nitrogens with one attached hydrogen (secondary N) is 2. The summed E-state index contributed by atoms with van der Waals surface area (Å²) < 4.78 is 11.1. The number of aliphatic carboxylic acids is 1. The van der Waals surface area contributed by atoms with Gasteiger partial charge in [0.25, 0.3) is 0 Å². The zero-order valence-electron chi connectivity index (χ0n) is 14.9. The summed E-state index contributed by atoms with van der Waals surface area (Å²) in [6.45, 7) is 1.49. The molecular weight excluding hydrogens is 354 g/mol. The highest BCUT2D eigenvalue weighted by atomic mass is 16.5. The second-order valence-corrected chi connectivity index (χ2v) is 6.53. The quantitative estimate of drug-likeness (QED) is 0.727. The lowest BCUT2D eigenvalue weighted by Gasteiger charge is -2.31. The number of carboxylic acid groups (broad SMARTS) is 1. The highest BCUT2D eigenvalue weighted by Gasteiger charge is 2.29. The van der Waals surface area contributed by atoms with E-state index in [2.05, 4.69) is 10.6 Å². The van der Waals surface area contributed by atoms with Crippen molar-refractivity contribution in [3.8, 4) is 11.5 Å². The molecule has 2 aliphatic rings. The third kappa shape index (κ3) is 5.10. The van der Waals surface area contributed by atoms with Gasteiger partial charge >= 0.3 is 12.0 Å². The number of carbonyl (C=O) groups is 3. The molecule has 1 saturated heterocycles. The average molecular weight is 377 g/mol. The highest BCUT2D eigenvalue weighted by Crippen LogP contribution is 2.32. The molecule has 9 heteroatoms. The maximum Gasteiger partial charge on any atom is 0.325 e. The number of rotatable bonds is 4. The molecule has 146 valence electrons. The lowest BCUT2D eigenvalue weighted by Crippen LogP contribution is -2.50. The molecule has 1 aromatic rings. The van der Waals surface area contributed by atoms with Crippen LogP contribution in [-0.4, -0.2) is 60.3 Å². The van der Waals surface area contributed by atoms with E-state index in [1.165, 1.54) is 0 Å². The molecule has 0 bridgehead atoms. The first-order chi connectivity index (χ1) is 13.0. The van der Waals surface area contributed by atoms with Crippen LogP contribution in [0, 0.1) is 0 Å². The van der Waals surface area contributed by atoms with Crippen LogP contribution >= 0.6 is 0 Å². The van der Waals surface area contributed by atoms with Gasteiger partial charge in [0, 0.05) is 18.2 Å². The lowest BCUT2D eigenvalue weighted by atomic mass is 10.0. The van der Waals surface area contributed by atoms with Gasteiger partial charge in [0.15, 0.2) is 11.5 Å². The molecule has 1 atom stereocenters. The Morgan fingerprint density at radius 3 is 2.67 bits per heavy atom. The molecule has 9 nitrogen and oxygen atoms in total. The summed E-state index contributed by atoms with van der Waals surface area (Å²) in [5, 5.41) is 14.0. The molecule has 0 radical (unpaired) electrons. The van der Waals surface area contributed by atoms with Crippen LogP contribution in [0.2, 0.25) is 0 Å². The van der Waals surface area contributed by atoms with Gasteiger partial charge in [0.2, 0.25) is 5.91 Å². The summed E-state index contributed by atoms with van der Waals surface area (Å²) in [6.07, 6.45) is 2.94. The number of benzene rings is 1. The molecule has 3 N–H and O–H groups in total. The van der Waals surface area contributed by atoms with Crippen LogP contribution in [0.15, 0.2) is 18.2 Å². The fourth-order valence-corrected chi connectivity index (χ4v) is 3.21. The summed E-state index contributed by atoms with van der Waals surface area (Å²) in [4.78, 5) is 37.0. The number of carbonyl (C=O) groups excluding carboxylic acids is 2. The van der Waals surface area contributed by atoms with E-state index in [0.29, 0.717) is 43.4 Å². The zero-order chi connectivity index (χ0) is 19.2. The van der Waals surface area contributed by atoms with E-state index >= 15 is 0 Å². The Bertz CT molecular complexity index is 723. The SMILES string of the molecule is O=C(CN1CCCCC1C(=O)O)NC(=O)Nc1ccc2c(c1)OCCCO2. The molecule has 0 saturated carbocycles. The van der Waals surface area contributed by atoms with Crippen molar-refractivity contribution in [2.45, 2.75) is 31.7 Å². The number of piperidine rings is 1. The van der Waals surface area contributed by atoms with Crippen LogP contribution in [0.4, 0.5) is 10.5 Å². The van der Waals surface area contributed by atoms with Crippen molar-refractivity contribution in [1.29, 1.82) is 0 Å². The van der Waals surface area contributed by atoms with Gasteiger partial charge in [-0.2, -0.15) is 0 Å². The summed E-state index contributed by atoms with van der Waals surface area (Å²) in [6, 6.07) is 3.62. The zero-order valence-corrected chi connectivity index (χ0v) is 14.9.